The first kappa shape index (κ1) is 12.1. The van der Waals surface area contributed by atoms with Crippen LogP contribution in [0.15, 0.2) is 0 Å². The number of hydrogen-bond acceptors (Lipinski definition) is 4. The molecule has 0 amide bonds. The molecule has 5 heteroatoms. The van der Waals surface area contributed by atoms with Crippen molar-refractivity contribution >= 4 is 0 Å². The fraction of sp³-hybridized carbons (Fsp3) is 0.800. The van der Waals surface area contributed by atoms with Crippen molar-refractivity contribution < 1.29 is 10.2 Å². The summed E-state index contributed by atoms with van der Waals surface area (Å²) in [5, 5.41) is 25.9. The van der Waals surface area contributed by atoms with Gasteiger partial charge in [-0.25, -0.2) is 4.68 Å². The van der Waals surface area contributed by atoms with Crippen LogP contribution in [0, 0.1) is 0 Å². The third-order valence-electron chi connectivity index (χ3n) is 2.68. The summed E-state index contributed by atoms with van der Waals surface area (Å²) in [7, 11) is 0. The van der Waals surface area contributed by atoms with Gasteiger partial charge in [-0.1, -0.05) is 19.1 Å². The van der Waals surface area contributed by atoms with E-state index in [-0.39, 0.29) is 13.2 Å². The predicted octanol–water partition coefficient (Wildman–Crippen LogP) is 0.666. The Morgan fingerprint density at radius 3 is 2.40 bits per heavy atom. The maximum Gasteiger partial charge on any atom is 0.112 e. The summed E-state index contributed by atoms with van der Waals surface area (Å²) in [6.45, 7) is 4.61. The molecule has 0 aliphatic heterocycles. The second kappa shape index (κ2) is 5.82. The van der Waals surface area contributed by atoms with Gasteiger partial charge >= 0.3 is 0 Å². The first-order valence-electron chi connectivity index (χ1n) is 5.42. The van der Waals surface area contributed by atoms with E-state index in [0.717, 1.165) is 18.5 Å². The molecule has 15 heavy (non-hydrogen) atoms. The van der Waals surface area contributed by atoms with Gasteiger partial charge in [0.15, 0.2) is 0 Å². The third kappa shape index (κ3) is 2.54. The Kier molecular flexibility index (Phi) is 4.71. The van der Waals surface area contributed by atoms with Gasteiger partial charge in [-0.2, -0.15) is 0 Å². The monoisotopic (exact) mass is 213 g/mol. The van der Waals surface area contributed by atoms with E-state index < -0.39 is 0 Å². The van der Waals surface area contributed by atoms with Crippen LogP contribution in [-0.2, 0) is 13.2 Å². The van der Waals surface area contributed by atoms with Crippen molar-refractivity contribution in [2.45, 2.75) is 45.8 Å². The zero-order valence-corrected chi connectivity index (χ0v) is 9.35. The Bertz CT molecular complexity index is 295. The van der Waals surface area contributed by atoms with E-state index in [4.69, 9.17) is 10.2 Å². The van der Waals surface area contributed by atoms with Gasteiger partial charge in [-0.05, 0) is 12.8 Å². The van der Waals surface area contributed by atoms with Crippen LogP contribution in [0.4, 0.5) is 0 Å². The summed E-state index contributed by atoms with van der Waals surface area (Å²) in [5.74, 6) is 0.355. The van der Waals surface area contributed by atoms with Gasteiger partial charge in [0.05, 0.1) is 25.5 Å². The molecule has 0 aromatic carbocycles. The van der Waals surface area contributed by atoms with Crippen LogP contribution >= 0.6 is 0 Å². The highest BCUT2D eigenvalue weighted by atomic mass is 16.3. The van der Waals surface area contributed by atoms with Crippen LogP contribution in [-0.4, -0.2) is 31.8 Å². The van der Waals surface area contributed by atoms with E-state index in [2.05, 4.69) is 24.2 Å². The molecule has 0 unspecified atom stereocenters. The van der Waals surface area contributed by atoms with Crippen molar-refractivity contribution in [2.24, 2.45) is 0 Å². The molecular formula is C10H19N3O2. The summed E-state index contributed by atoms with van der Waals surface area (Å²) < 4.78 is 1.70. The minimum absolute atomic E-state index is 0.0430. The van der Waals surface area contributed by atoms with Gasteiger partial charge in [0, 0.05) is 5.92 Å². The molecule has 0 spiro atoms. The Labute approximate surface area is 89.7 Å². The van der Waals surface area contributed by atoms with E-state index in [1.54, 1.807) is 4.68 Å². The van der Waals surface area contributed by atoms with E-state index in [0.29, 0.717) is 18.2 Å². The minimum Gasteiger partial charge on any atom is -0.394 e. The smallest absolute Gasteiger partial charge is 0.112 e. The number of rotatable bonds is 6. The number of hydrogen-bond donors (Lipinski definition) is 2. The van der Waals surface area contributed by atoms with Crippen LogP contribution in [0.2, 0.25) is 0 Å². The van der Waals surface area contributed by atoms with Crippen molar-refractivity contribution in [3.63, 3.8) is 0 Å². The molecule has 1 rings (SSSR count). The second-order valence-corrected chi connectivity index (χ2v) is 3.54. The normalized spacial score (nSPS) is 11.3. The molecule has 1 heterocycles. The van der Waals surface area contributed by atoms with E-state index >= 15 is 0 Å². The van der Waals surface area contributed by atoms with Crippen molar-refractivity contribution in [3.05, 3.63) is 11.4 Å². The standard InChI is InChI=1S/C10H19N3O2/c1-3-8(4-2)10-9(7-15)11-12-13(10)5-6-14/h8,14-15H,3-7H2,1-2H3. The summed E-state index contributed by atoms with van der Waals surface area (Å²) in [5.41, 5.74) is 1.61. The van der Waals surface area contributed by atoms with Crippen LogP contribution in [0.5, 0.6) is 0 Å². The summed E-state index contributed by atoms with van der Waals surface area (Å²) >= 11 is 0. The number of aliphatic hydroxyl groups excluding tert-OH is 2. The van der Waals surface area contributed by atoms with Crippen LogP contribution in [0.25, 0.3) is 0 Å². The van der Waals surface area contributed by atoms with Gasteiger partial charge in [-0.15, -0.1) is 5.10 Å². The Morgan fingerprint density at radius 2 is 1.93 bits per heavy atom. The van der Waals surface area contributed by atoms with Crippen molar-refractivity contribution in [1.29, 1.82) is 0 Å². The highest BCUT2D eigenvalue weighted by Gasteiger charge is 2.19. The number of aromatic nitrogens is 3. The summed E-state index contributed by atoms with van der Waals surface area (Å²) in [6, 6.07) is 0. The molecule has 0 aliphatic carbocycles. The Hall–Kier alpha value is -0.940. The molecule has 86 valence electrons. The third-order valence-corrected chi connectivity index (χ3v) is 2.68. The topological polar surface area (TPSA) is 71.2 Å². The molecule has 0 bridgehead atoms. The zero-order valence-electron chi connectivity index (χ0n) is 9.35. The highest BCUT2D eigenvalue weighted by molar-refractivity contribution is 5.14. The molecule has 2 N–H and O–H groups in total. The van der Waals surface area contributed by atoms with E-state index in [9.17, 15) is 0 Å². The quantitative estimate of drug-likeness (QED) is 0.728. The van der Waals surface area contributed by atoms with Crippen molar-refractivity contribution in [2.75, 3.05) is 6.61 Å². The lowest BCUT2D eigenvalue weighted by atomic mass is 9.97. The first-order chi connectivity index (χ1) is 7.28. The Morgan fingerprint density at radius 1 is 1.27 bits per heavy atom. The van der Waals surface area contributed by atoms with Crippen LogP contribution in [0.1, 0.15) is 44.0 Å². The minimum atomic E-state index is -0.0860. The zero-order chi connectivity index (χ0) is 11.3. The van der Waals surface area contributed by atoms with E-state index in [1.165, 1.54) is 0 Å². The average molecular weight is 213 g/mol. The van der Waals surface area contributed by atoms with Gasteiger partial charge in [-0.3, -0.25) is 0 Å². The molecule has 1 aromatic rings. The van der Waals surface area contributed by atoms with Gasteiger partial charge in [0.1, 0.15) is 5.69 Å². The maximum atomic E-state index is 9.16. The van der Waals surface area contributed by atoms with Crippen LogP contribution < -0.4 is 0 Å². The van der Waals surface area contributed by atoms with Crippen molar-refractivity contribution in [1.82, 2.24) is 15.0 Å². The lowest BCUT2D eigenvalue weighted by Crippen LogP contribution is -2.12. The average Bonchev–Trinajstić information content (AvgIpc) is 2.64. The molecule has 5 nitrogen and oxygen atoms in total. The summed E-state index contributed by atoms with van der Waals surface area (Å²) in [4.78, 5) is 0. The Balaban J connectivity index is 3.02. The van der Waals surface area contributed by atoms with Crippen LogP contribution in [0.3, 0.4) is 0 Å². The lowest BCUT2D eigenvalue weighted by Gasteiger charge is -2.14. The number of aliphatic hydroxyl groups is 2. The SMILES string of the molecule is CCC(CC)c1c(CO)nnn1CCO. The fourth-order valence-corrected chi connectivity index (χ4v) is 1.85. The second-order valence-electron chi connectivity index (χ2n) is 3.54. The molecule has 0 atom stereocenters. The molecule has 1 aromatic heterocycles. The molecule has 0 saturated carbocycles. The lowest BCUT2D eigenvalue weighted by molar-refractivity contribution is 0.262. The first-order valence-corrected chi connectivity index (χ1v) is 5.42. The maximum absolute atomic E-state index is 9.16. The number of nitrogens with zero attached hydrogens (tertiary/aromatic N) is 3. The van der Waals surface area contributed by atoms with Gasteiger partial charge in [0.2, 0.25) is 0 Å². The molecule has 0 aliphatic rings. The largest absolute Gasteiger partial charge is 0.394 e. The molecule has 0 fully saturated rings. The highest BCUT2D eigenvalue weighted by Crippen LogP contribution is 2.25. The predicted molar refractivity (Wildman–Crippen MR) is 56.4 cm³/mol. The molecule has 0 saturated heterocycles. The fourth-order valence-electron chi connectivity index (χ4n) is 1.85. The van der Waals surface area contributed by atoms with Gasteiger partial charge in [0.25, 0.3) is 0 Å². The van der Waals surface area contributed by atoms with Gasteiger partial charge < -0.3 is 10.2 Å². The van der Waals surface area contributed by atoms with E-state index in [1.807, 2.05) is 0 Å². The molecule has 0 radical (unpaired) electrons. The summed E-state index contributed by atoms with van der Waals surface area (Å²) in [6.07, 6.45) is 1.98. The molecular weight excluding hydrogens is 194 g/mol. The van der Waals surface area contributed by atoms with Crippen molar-refractivity contribution in [3.8, 4) is 0 Å².